The summed E-state index contributed by atoms with van der Waals surface area (Å²) in [5.41, 5.74) is 2.60. The summed E-state index contributed by atoms with van der Waals surface area (Å²) in [6, 6.07) is 14.5. The molecule has 0 saturated heterocycles. The van der Waals surface area contributed by atoms with Gasteiger partial charge in [0.1, 0.15) is 4.88 Å². The number of nitrogens with two attached hydrogens (primary N) is 1. The Morgan fingerprint density at radius 3 is 2.34 bits per heavy atom. The van der Waals surface area contributed by atoms with Gasteiger partial charge in [-0.05, 0) is 48.2 Å². The van der Waals surface area contributed by atoms with E-state index in [-0.39, 0.29) is 11.4 Å². The fraction of sp³-hybridized carbons (Fsp3) is 0.0952. The number of hydrogen-bond acceptors (Lipinski definition) is 7. The maximum Gasteiger partial charge on any atom is 0.270 e. The average molecular weight is 490 g/mol. The number of aryl methyl sites for hydroxylation is 1. The van der Waals surface area contributed by atoms with E-state index in [9.17, 15) is 21.6 Å². The minimum absolute atomic E-state index is 0.0791. The number of anilines is 2. The molecule has 1 aliphatic heterocycles. The summed E-state index contributed by atoms with van der Waals surface area (Å²) < 4.78 is 50.7. The Morgan fingerprint density at radius 1 is 1.06 bits per heavy atom. The van der Waals surface area contributed by atoms with Crippen molar-refractivity contribution in [1.82, 2.24) is 0 Å². The quantitative estimate of drug-likeness (QED) is 0.530. The summed E-state index contributed by atoms with van der Waals surface area (Å²) in [4.78, 5) is 12.8. The number of rotatable bonds is 5. The van der Waals surface area contributed by atoms with Gasteiger partial charge in [-0.2, -0.15) is 0 Å². The third-order valence-corrected chi connectivity index (χ3v) is 8.51. The van der Waals surface area contributed by atoms with Crippen molar-refractivity contribution in [3.05, 3.63) is 87.1 Å². The van der Waals surface area contributed by atoms with Crippen molar-refractivity contribution in [2.24, 2.45) is 5.14 Å². The van der Waals surface area contributed by atoms with Crippen LogP contribution in [0.25, 0.3) is 0 Å². The van der Waals surface area contributed by atoms with E-state index >= 15 is 0 Å². The van der Waals surface area contributed by atoms with Crippen molar-refractivity contribution >= 4 is 48.5 Å². The molecule has 0 spiro atoms. The zero-order valence-electron chi connectivity index (χ0n) is 16.8. The Bertz CT molecular complexity index is 1420. The molecule has 2 aromatic carbocycles. The van der Waals surface area contributed by atoms with Gasteiger partial charge in [0.05, 0.1) is 17.1 Å². The molecule has 2 heterocycles. The molecule has 0 radical (unpaired) electrons. The van der Waals surface area contributed by atoms with Crippen LogP contribution in [0.4, 0.5) is 11.4 Å². The Hall–Kier alpha value is -2.99. The molecule has 32 heavy (non-hydrogen) atoms. The summed E-state index contributed by atoms with van der Waals surface area (Å²) in [6.07, 6.45) is 1.13. The lowest BCUT2D eigenvalue weighted by Crippen LogP contribution is -2.38. The lowest BCUT2D eigenvalue weighted by molar-refractivity contribution is 0.104. The fourth-order valence-electron chi connectivity index (χ4n) is 3.21. The van der Waals surface area contributed by atoms with E-state index in [4.69, 9.17) is 5.14 Å². The lowest BCUT2D eigenvalue weighted by atomic mass is 10.1. The largest absolute Gasteiger partial charge is 0.360 e. The van der Waals surface area contributed by atoms with Crippen LogP contribution in [0.3, 0.4) is 0 Å². The van der Waals surface area contributed by atoms with Crippen LogP contribution < -0.4 is 14.8 Å². The van der Waals surface area contributed by atoms with Crippen LogP contribution in [-0.4, -0.2) is 22.6 Å². The first-order chi connectivity index (χ1) is 15.1. The van der Waals surface area contributed by atoms with Gasteiger partial charge in [-0.1, -0.05) is 29.8 Å². The van der Waals surface area contributed by atoms with Gasteiger partial charge in [-0.3, -0.25) is 9.10 Å². The summed E-state index contributed by atoms with van der Waals surface area (Å²) in [5, 5.41) is 9.54. The maximum absolute atomic E-state index is 13.4. The number of nitrogens with one attached hydrogen (secondary N) is 1. The molecule has 0 saturated carbocycles. The number of carbonyl (C=O) groups is 1. The lowest BCUT2D eigenvalue weighted by Gasteiger charge is -2.29. The fourth-order valence-corrected chi connectivity index (χ4v) is 6.20. The van der Waals surface area contributed by atoms with E-state index in [0.29, 0.717) is 16.3 Å². The molecule has 3 N–H and O–H groups in total. The number of benzene rings is 2. The van der Waals surface area contributed by atoms with E-state index < -0.39 is 30.7 Å². The highest BCUT2D eigenvalue weighted by molar-refractivity contribution is 7.97. The normalized spacial score (nSPS) is 16.8. The van der Waals surface area contributed by atoms with Crippen molar-refractivity contribution in [3.63, 3.8) is 0 Å². The molecule has 166 valence electrons. The molecule has 11 heteroatoms. The Kier molecular flexibility index (Phi) is 5.67. The summed E-state index contributed by atoms with van der Waals surface area (Å²) >= 11 is 1.18. The van der Waals surface area contributed by atoms with Crippen LogP contribution >= 0.6 is 11.3 Å². The van der Waals surface area contributed by atoms with Gasteiger partial charge in [-0.25, -0.2) is 22.0 Å². The minimum Gasteiger partial charge on any atom is -0.360 e. The molecule has 1 aliphatic rings. The molecule has 3 aromatic rings. The SMILES string of the molecule is Cc1ccc(CN2c3ccsc3C(=O)/C(=C/Nc3ccc(S(N)(=O)=O)cc3)S2(=O)=O)cc1. The first-order valence-electron chi connectivity index (χ1n) is 9.37. The molecule has 0 amide bonds. The van der Waals surface area contributed by atoms with Crippen molar-refractivity contribution in [1.29, 1.82) is 0 Å². The second-order valence-electron chi connectivity index (χ2n) is 7.18. The number of allylic oxidation sites excluding steroid dienone is 1. The van der Waals surface area contributed by atoms with E-state index in [2.05, 4.69) is 5.32 Å². The molecule has 0 bridgehead atoms. The van der Waals surface area contributed by atoms with Gasteiger partial charge in [-0.15, -0.1) is 11.3 Å². The molecule has 4 rings (SSSR count). The number of sulfonamides is 2. The molecular formula is C21H19N3O5S3. The number of nitrogens with zero attached hydrogens (tertiary/aromatic N) is 1. The van der Waals surface area contributed by atoms with Crippen molar-refractivity contribution in [2.75, 3.05) is 9.62 Å². The monoisotopic (exact) mass is 489 g/mol. The van der Waals surface area contributed by atoms with Gasteiger partial charge in [0.25, 0.3) is 10.0 Å². The third kappa shape index (κ3) is 4.19. The number of Topliss-reactive ketones (excluding diaryl/α,β-unsaturated/α-hetero) is 1. The highest BCUT2D eigenvalue weighted by Crippen LogP contribution is 2.39. The van der Waals surface area contributed by atoms with Crippen LogP contribution in [0.15, 0.2) is 76.0 Å². The predicted octanol–water partition coefficient (Wildman–Crippen LogP) is 3.19. The average Bonchev–Trinajstić information content (AvgIpc) is 3.22. The van der Waals surface area contributed by atoms with Gasteiger partial charge < -0.3 is 5.32 Å². The first kappa shape index (κ1) is 22.2. The summed E-state index contributed by atoms with van der Waals surface area (Å²) in [5.74, 6) is -0.594. The maximum atomic E-state index is 13.4. The van der Waals surface area contributed by atoms with Gasteiger partial charge >= 0.3 is 0 Å². The highest BCUT2D eigenvalue weighted by atomic mass is 32.2. The van der Waals surface area contributed by atoms with Crippen LogP contribution in [-0.2, 0) is 26.6 Å². The number of fused-ring (bicyclic) bond motifs is 1. The Morgan fingerprint density at radius 2 is 1.72 bits per heavy atom. The zero-order chi connectivity index (χ0) is 23.1. The Labute approximate surface area is 190 Å². The van der Waals surface area contributed by atoms with Crippen molar-refractivity contribution < 1.29 is 21.6 Å². The highest BCUT2D eigenvalue weighted by Gasteiger charge is 2.41. The van der Waals surface area contributed by atoms with E-state index in [1.807, 2.05) is 31.2 Å². The number of primary sulfonamides is 1. The van der Waals surface area contributed by atoms with Crippen LogP contribution in [0, 0.1) is 6.92 Å². The molecule has 1 aromatic heterocycles. The zero-order valence-corrected chi connectivity index (χ0v) is 19.3. The smallest absolute Gasteiger partial charge is 0.270 e. The number of ketones is 1. The summed E-state index contributed by atoms with van der Waals surface area (Å²) in [6.45, 7) is 2.03. The predicted molar refractivity (Wildman–Crippen MR) is 124 cm³/mol. The number of carbonyl (C=O) groups excluding carboxylic acids is 1. The second-order valence-corrected chi connectivity index (χ2v) is 11.5. The van der Waals surface area contributed by atoms with E-state index in [1.54, 1.807) is 11.4 Å². The Balaban J connectivity index is 1.69. The molecule has 0 aliphatic carbocycles. The van der Waals surface area contributed by atoms with E-state index in [1.165, 1.54) is 39.9 Å². The topological polar surface area (TPSA) is 127 Å². The molecular weight excluding hydrogens is 470 g/mol. The second kappa shape index (κ2) is 8.17. The van der Waals surface area contributed by atoms with Crippen LogP contribution in [0.5, 0.6) is 0 Å². The van der Waals surface area contributed by atoms with E-state index in [0.717, 1.165) is 17.3 Å². The third-order valence-electron chi connectivity index (χ3n) is 4.91. The van der Waals surface area contributed by atoms with Crippen molar-refractivity contribution in [3.8, 4) is 0 Å². The molecule has 0 fully saturated rings. The molecule has 0 atom stereocenters. The van der Waals surface area contributed by atoms with Gasteiger partial charge in [0.15, 0.2) is 4.91 Å². The summed E-state index contributed by atoms with van der Waals surface area (Å²) in [7, 11) is -7.98. The first-order valence-corrected chi connectivity index (χ1v) is 13.2. The molecule has 8 nitrogen and oxygen atoms in total. The van der Waals surface area contributed by atoms with Crippen LogP contribution in [0.2, 0.25) is 0 Å². The minimum atomic E-state index is -4.13. The molecule has 0 unspecified atom stereocenters. The van der Waals surface area contributed by atoms with Gasteiger partial charge in [0, 0.05) is 11.9 Å². The number of thiophene rings is 1. The standard InChI is InChI=1S/C21H19N3O5S3/c1-14-2-4-15(5-3-14)13-24-18-10-11-30-21(18)20(25)19(32(24,28)29)12-23-16-6-8-17(9-7-16)31(22,26)27/h2-12,23H,13H2,1H3,(H2,22,26,27)/b19-12-. The number of hydrogen-bond donors (Lipinski definition) is 2. The van der Waals surface area contributed by atoms with Crippen LogP contribution in [0.1, 0.15) is 20.8 Å². The van der Waals surface area contributed by atoms with Gasteiger partial charge in [0.2, 0.25) is 15.8 Å². The van der Waals surface area contributed by atoms with Crippen molar-refractivity contribution in [2.45, 2.75) is 18.4 Å².